The van der Waals surface area contributed by atoms with E-state index in [0.29, 0.717) is 18.3 Å². The fourth-order valence-electron chi connectivity index (χ4n) is 2.52. The van der Waals surface area contributed by atoms with Crippen molar-refractivity contribution in [2.45, 2.75) is 12.6 Å². The van der Waals surface area contributed by atoms with E-state index in [4.69, 9.17) is 4.74 Å². The third-order valence-electron chi connectivity index (χ3n) is 3.97. The molecule has 20 heavy (non-hydrogen) atoms. The van der Waals surface area contributed by atoms with Gasteiger partial charge in [0.2, 0.25) is 0 Å². The Morgan fingerprint density at radius 3 is 2.85 bits per heavy atom. The summed E-state index contributed by atoms with van der Waals surface area (Å²) in [5.74, 6) is 0.964. The van der Waals surface area contributed by atoms with E-state index in [-0.39, 0.29) is 5.75 Å². The number of aromatic hydroxyl groups is 1. The molecule has 0 aliphatic carbocycles. The van der Waals surface area contributed by atoms with Crippen LogP contribution in [0.5, 0.6) is 11.5 Å². The monoisotopic (exact) mass is 279 g/mol. The highest BCUT2D eigenvalue weighted by molar-refractivity contribution is 5.39. The van der Waals surface area contributed by atoms with Gasteiger partial charge in [-0.1, -0.05) is 6.07 Å². The molecule has 0 aromatic heterocycles. The Morgan fingerprint density at radius 2 is 2.15 bits per heavy atom. The summed E-state index contributed by atoms with van der Waals surface area (Å²) in [5, 5.41) is 13.3. The molecule has 5 heteroatoms. The zero-order valence-corrected chi connectivity index (χ0v) is 12.6. The van der Waals surface area contributed by atoms with Crippen LogP contribution in [0.15, 0.2) is 18.2 Å². The normalized spacial score (nSPS) is 21.1. The smallest absolute Gasteiger partial charge is 0.123 e. The van der Waals surface area contributed by atoms with Gasteiger partial charge in [-0.15, -0.1) is 0 Å². The van der Waals surface area contributed by atoms with Gasteiger partial charge in [-0.2, -0.15) is 0 Å². The van der Waals surface area contributed by atoms with Gasteiger partial charge in [0.05, 0.1) is 7.11 Å². The summed E-state index contributed by atoms with van der Waals surface area (Å²) in [7, 11) is 5.93. The largest absolute Gasteiger partial charge is 0.507 e. The minimum absolute atomic E-state index is 0.283. The average molecular weight is 279 g/mol. The molecule has 0 radical (unpaired) electrons. The van der Waals surface area contributed by atoms with Crippen LogP contribution in [-0.4, -0.2) is 68.3 Å². The summed E-state index contributed by atoms with van der Waals surface area (Å²) in [6, 6.07) is 5.95. The van der Waals surface area contributed by atoms with E-state index in [1.54, 1.807) is 13.2 Å². The second-order valence-electron chi connectivity index (χ2n) is 5.52. The molecule has 1 aromatic carbocycles. The van der Waals surface area contributed by atoms with Crippen LogP contribution in [0.25, 0.3) is 0 Å². The number of phenolic OH excluding ortho intramolecular Hbond substituents is 1. The standard InChI is InChI=1S/C15H25N3O2/c1-17-6-7-18(2)13(11-17)10-16-9-12-4-5-14(20-3)8-15(12)19/h4-5,8,13,16,19H,6-7,9-11H2,1-3H3. The molecule has 2 N–H and O–H groups in total. The fourth-order valence-corrected chi connectivity index (χ4v) is 2.52. The maximum atomic E-state index is 9.91. The van der Waals surface area contributed by atoms with Gasteiger partial charge in [-0.05, 0) is 20.2 Å². The highest BCUT2D eigenvalue weighted by Crippen LogP contribution is 2.23. The Morgan fingerprint density at radius 1 is 1.35 bits per heavy atom. The van der Waals surface area contributed by atoms with Crippen LogP contribution in [0, 0.1) is 0 Å². The zero-order chi connectivity index (χ0) is 14.5. The van der Waals surface area contributed by atoms with Crippen molar-refractivity contribution in [2.24, 2.45) is 0 Å². The average Bonchev–Trinajstić information content (AvgIpc) is 2.44. The molecule has 0 amide bonds. The first-order chi connectivity index (χ1) is 9.60. The zero-order valence-electron chi connectivity index (χ0n) is 12.6. The number of methoxy groups -OCH3 is 1. The van der Waals surface area contributed by atoms with Gasteiger partial charge in [0, 0.05) is 50.4 Å². The number of likely N-dealkylation sites (N-methyl/N-ethyl adjacent to an activating group) is 2. The second-order valence-corrected chi connectivity index (χ2v) is 5.52. The Labute approximate surface area is 121 Å². The number of phenols is 1. The molecule has 1 aromatic rings. The first-order valence-corrected chi connectivity index (χ1v) is 7.05. The number of rotatable bonds is 5. The van der Waals surface area contributed by atoms with Gasteiger partial charge in [-0.3, -0.25) is 4.90 Å². The highest BCUT2D eigenvalue weighted by Gasteiger charge is 2.21. The minimum atomic E-state index is 0.283. The van der Waals surface area contributed by atoms with Crippen molar-refractivity contribution in [1.82, 2.24) is 15.1 Å². The van der Waals surface area contributed by atoms with Crippen molar-refractivity contribution < 1.29 is 9.84 Å². The Balaban J connectivity index is 1.83. The molecule has 1 aliphatic rings. The fraction of sp³-hybridized carbons (Fsp3) is 0.600. The van der Waals surface area contributed by atoms with Gasteiger partial charge in [0.25, 0.3) is 0 Å². The number of piperazine rings is 1. The third kappa shape index (κ3) is 3.85. The van der Waals surface area contributed by atoms with Gasteiger partial charge in [0.1, 0.15) is 11.5 Å². The summed E-state index contributed by atoms with van der Waals surface area (Å²) in [5.41, 5.74) is 0.901. The molecule has 1 atom stereocenters. The first kappa shape index (κ1) is 15.1. The lowest BCUT2D eigenvalue weighted by atomic mass is 10.1. The summed E-state index contributed by atoms with van der Waals surface area (Å²) in [6.07, 6.45) is 0. The summed E-state index contributed by atoms with van der Waals surface area (Å²) >= 11 is 0. The molecular formula is C15H25N3O2. The van der Waals surface area contributed by atoms with Crippen LogP contribution < -0.4 is 10.1 Å². The summed E-state index contributed by atoms with van der Waals surface area (Å²) < 4.78 is 5.08. The van der Waals surface area contributed by atoms with E-state index in [0.717, 1.165) is 31.7 Å². The number of benzene rings is 1. The van der Waals surface area contributed by atoms with E-state index < -0.39 is 0 Å². The van der Waals surface area contributed by atoms with E-state index in [1.165, 1.54) is 0 Å². The Kier molecular flexibility index (Phi) is 5.23. The predicted octanol–water partition coefficient (Wildman–Crippen LogP) is 0.736. The SMILES string of the molecule is COc1ccc(CNCC2CN(C)CCN2C)c(O)c1. The molecule has 0 bridgehead atoms. The lowest BCUT2D eigenvalue weighted by Crippen LogP contribution is -2.53. The Bertz CT molecular complexity index is 439. The minimum Gasteiger partial charge on any atom is -0.507 e. The van der Waals surface area contributed by atoms with Crippen LogP contribution in [0.2, 0.25) is 0 Å². The molecule has 0 saturated carbocycles. The lowest BCUT2D eigenvalue weighted by Gasteiger charge is -2.37. The molecule has 1 heterocycles. The number of ether oxygens (including phenoxy) is 1. The predicted molar refractivity (Wildman–Crippen MR) is 80.3 cm³/mol. The topological polar surface area (TPSA) is 48.0 Å². The van der Waals surface area contributed by atoms with Crippen LogP contribution in [-0.2, 0) is 6.54 Å². The van der Waals surface area contributed by atoms with Gasteiger partial charge < -0.3 is 20.1 Å². The second kappa shape index (κ2) is 6.92. The van der Waals surface area contributed by atoms with Crippen molar-refractivity contribution in [1.29, 1.82) is 0 Å². The molecule has 2 rings (SSSR count). The molecule has 1 aliphatic heterocycles. The van der Waals surface area contributed by atoms with E-state index in [1.807, 2.05) is 12.1 Å². The van der Waals surface area contributed by atoms with Gasteiger partial charge >= 0.3 is 0 Å². The molecule has 0 spiro atoms. The number of hydrogen-bond acceptors (Lipinski definition) is 5. The van der Waals surface area contributed by atoms with Gasteiger partial charge in [0.15, 0.2) is 0 Å². The lowest BCUT2D eigenvalue weighted by molar-refractivity contribution is 0.113. The highest BCUT2D eigenvalue weighted by atomic mass is 16.5. The number of nitrogens with one attached hydrogen (secondary N) is 1. The molecule has 1 fully saturated rings. The van der Waals surface area contributed by atoms with Crippen molar-refractivity contribution in [3.05, 3.63) is 23.8 Å². The van der Waals surface area contributed by atoms with E-state index >= 15 is 0 Å². The van der Waals surface area contributed by atoms with Crippen LogP contribution >= 0.6 is 0 Å². The molecule has 1 unspecified atom stereocenters. The quantitative estimate of drug-likeness (QED) is 0.832. The molecule has 112 valence electrons. The number of hydrogen-bond donors (Lipinski definition) is 2. The van der Waals surface area contributed by atoms with Crippen LogP contribution in [0.4, 0.5) is 0 Å². The van der Waals surface area contributed by atoms with Crippen molar-refractivity contribution >= 4 is 0 Å². The first-order valence-electron chi connectivity index (χ1n) is 7.05. The van der Waals surface area contributed by atoms with Crippen LogP contribution in [0.1, 0.15) is 5.56 Å². The van der Waals surface area contributed by atoms with Crippen LogP contribution in [0.3, 0.4) is 0 Å². The molecule has 5 nitrogen and oxygen atoms in total. The van der Waals surface area contributed by atoms with Crippen molar-refractivity contribution in [2.75, 3.05) is 47.4 Å². The molecule has 1 saturated heterocycles. The van der Waals surface area contributed by atoms with Crippen molar-refractivity contribution in [3.8, 4) is 11.5 Å². The Hall–Kier alpha value is -1.30. The summed E-state index contributed by atoms with van der Waals surface area (Å²) in [4.78, 5) is 4.75. The molecular weight excluding hydrogens is 254 g/mol. The maximum absolute atomic E-state index is 9.91. The van der Waals surface area contributed by atoms with Gasteiger partial charge in [-0.25, -0.2) is 0 Å². The van der Waals surface area contributed by atoms with E-state index in [9.17, 15) is 5.11 Å². The number of nitrogens with zero attached hydrogens (tertiary/aromatic N) is 2. The van der Waals surface area contributed by atoms with E-state index in [2.05, 4.69) is 29.2 Å². The van der Waals surface area contributed by atoms with Crippen molar-refractivity contribution in [3.63, 3.8) is 0 Å². The summed E-state index contributed by atoms with van der Waals surface area (Å²) in [6.45, 7) is 4.91. The third-order valence-corrected chi connectivity index (χ3v) is 3.97. The maximum Gasteiger partial charge on any atom is 0.123 e.